The van der Waals surface area contributed by atoms with E-state index >= 15 is 0 Å². The molecular weight excluding hydrogens is 350 g/mol. The second-order valence-corrected chi connectivity index (χ2v) is 7.26. The number of rotatable bonds is 6. The molecule has 1 heterocycles. The molecular formula is C19H23N3O3S. The molecule has 0 saturated heterocycles. The van der Waals surface area contributed by atoms with Crippen LogP contribution in [-0.4, -0.2) is 29.2 Å². The third kappa shape index (κ3) is 5.70. The van der Waals surface area contributed by atoms with Gasteiger partial charge in [-0.15, -0.1) is 11.3 Å². The largest absolute Gasteiger partial charge is 0.343 e. The number of amides is 3. The Kier molecular flexibility index (Phi) is 6.91. The van der Waals surface area contributed by atoms with Gasteiger partial charge in [-0.05, 0) is 43.7 Å². The molecule has 0 atom stereocenters. The van der Waals surface area contributed by atoms with Crippen LogP contribution in [0.1, 0.15) is 29.2 Å². The van der Waals surface area contributed by atoms with E-state index in [1.165, 1.54) is 6.92 Å². The molecule has 0 aliphatic rings. The van der Waals surface area contributed by atoms with Gasteiger partial charge in [-0.25, -0.2) is 0 Å². The van der Waals surface area contributed by atoms with Crippen LogP contribution >= 0.6 is 11.3 Å². The first kappa shape index (κ1) is 19.7. The number of benzene rings is 1. The summed E-state index contributed by atoms with van der Waals surface area (Å²) in [5, 5.41) is 5.20. The van der Waals surface area contributed by atoms with Gasteiger partial charge in [-0.2, -0.15) is 0 Å². The summed E-state index contributed by atoms with van der Waals surface area (Å²) in [5.74, 6) is -1.40. The first-order chi connectivity index (χ1) is 12.4. The molecule has 7 heteroatoms. The fraction of sp³-hybridized carbons (Fsp3) is 0.316. The molecule has 1 aromatic heterocycles. The predicted octanol–water partition coefficient (Wildman–Crippen LogP) is 2.68. The van der Waals surface area contributed by atoms with Crippen molar-refractivity contribution in [3.05, 3.63) is 51.7 Å². The van der Waals surface area contributed by atoms with E-state index in [1.807, 2.05) is 32.0 Å². The normalized spacial score (nSPS) is 10.3. The molecule has 0 saturated carbocycles. The number of carbonyl (C=O) groups is 3. The Morgan fingerprint density at radius 2 is 1.88 bits per heavy atom. The Morgan fingerprint density at radius 1 is 1.12 bits per heavy atom. The summed E-state index contributed by atoms with van der Waals surface area (Å²) in [4.78, 5) is 39.4. The maximum atomic E-state index is 12.1. The Bertz CT molecular complexity index is 801. The van der Waals surface area contributed by atoms with E-state index in [-0.39, 0.29) is 5.91 Å². The van der Waals surface area contributed by atoms with E-state index in [0.29, 0.717) is 25.3 Å². The van der Waals surface area contributed by atoms with Gasteiger partial charge in [0.25, 0.3) is 0 Å². The van der Waals surface area contributed by atoms with E-state index in [9.17, 15) is 14.4 Å². The number of carbonyl (C=O) groups excluding carboxylic acids is 3. The molecule has 0 unspecified atom stereocenters. The summed E-state index contributed by atoms with van der Waals surface area (Å²) in [6, 6.07) is 11.0. The number of anilines is 1. The van der Waals surface area contributed by atoms with E-state index < -0.39 is 11.8 Å². The summed E-state index contributed by atoms with van der Waals surface area (Å²) in [5.41, 5.74) is 1.41. The highest BCUT2D eigenvalue weighted by Crippen LogP contribution is 2.15. The minimum absolute atomic E-state index is 0.00914. The maximum absolute atomic E-state index is 12.1. The minimum Gasteiger partial charge on any atom is -0.343 e. The lowest BCUT2D eigenvalue weighted by Crippen LogP contribution is -2.34. The van der Waals surface area contributed by atoms with Crippen molar-refractivity contribution in [2.24, 2.45) is 0 Å². The Hall–Kier alpha value is -2.67. The molecule has 0 bridgehead atoms. The van der Waals surface area contributed by atoms with Crippen LogP contribution in [-0.2, 0) is 27.5 Å². The lowest BCUT2D eigenvalue weighted by atomic mass is 10.2. The lowest BCUT2D eigenvalue weighted by molar-refractivity contribution is -0.136. The van der Waals surface area contributed by atoms with E-state index in [4.69, 9.17) is 0 Å². The molecule has 0 fully saturated rings. The van der Waals surface area contributed by atoms with Crippen molar-refractivity contribution < 1.29 is 14.4 Å². The van der Waals surface area contributed by atoms with Gasteiger partial charge in [0, 0.05) is 35.5 Å². The molecule has 6 nitrogen and oxygen atoms in total. The summed E-state index contributed by atoms with van der Waals surface area (Å²) >= 11 is 1.58. The van der Waals surface area contributed by atoms with Crippen molar-refractivity contribution in [3.8, 4) is 0 Å². The van der Waals surface area contributed by atoms with Gasteiger partial charge in [-0.1, -0.05) is 12.1 Å². The number of hydrogen-bond donors (Lipinski definition) is 2. The minimum atomic E-state index is -0.714. The zero-order valence-electron chi connectivity index (χ0n) is 15.2. The number of nitrogens with zero attached hydrogens (tertiary/aromatic N) is 1. The van der Waals surface area contributed by atoms with E-state index in [2.05, 4.69) is 10.6 Å². The van der Waals surface area contributed by atoms with E-state index in [0.717, 1.165) is 15.3 Å². The highest BCUT2D eigenvalue weighted by molar-refractivity contribution is 7.11. The quantitative estimate of drug-likeness (QED) is 0.764. The van der Waals surface area contributed by atoms with Crippen LogP contribution in [0.4, 0.5) is 5.69 Å². The fourth-order valence-corrected chi connectivity index (χ4v) is 3.26. The van der Waals surface area contributed by atoms with Gasteiger partial charge in [0.15, 0.2) is 0 Å². The van der Waals surface area contributed by atoms with Crippen molar-refractivity contribution in [3.63, 3.8) is 0 Å². The Balaban J connectivity index is 1.92. The lowest BCUT2D eigenvalue weighted by Gasteiger charge is -2.19. The molecule has 0 aliphatic carbocycles. The van der Waals surface area contributed by atoms with Crippen molar-refractivity contribution in [1.82, 2.24) is 10.2 Å². The zero-order valence-corrected chi connectivity index (χ0v) is 16.0. The van der Waals surface area contributed by atoms with Crippen molar-refractivity contribution in [2.45, 2.75) is 33.9 Å². The molecule has 0 radical (unpaired) electrons. The summed E-state index contributed by atoms with van der Waals surface area (Å²) < 4.78 is 0. The third-order valence-electron chi connectivity index (χ3n) is 3.81. The second-order valence-electron chi connectivity index (χ2n) is 5.88. The average molecular weight is 373 g/mol. The summed E-state index contributed by atoms with van der Waals surface area (Å²) in [6.45, 7) is 6.81. The van der Waals surface area contributed by atoms with Crippen LogP contribution in [0, 0.1) is 6.92 Å². The maximum Gasteiger partial charge on any atom is 0.313 e. The topological polar surface area (TPSA) is 78.5 Å². The number of thiophene rings is 1. The number of aryl methyl sites for hydroxylation is 1. The molecule has 1 aromatic carbocycles. The van der Waals surface area contributed by atoms with Crippen LogP contribution < -0.4 is 10.6 Å². The van der Waals surface area contributed by atoms with Crippen molar-refractivity contribution in [1.29, 1.82) is 0 Å². The van der Waals surface area contributed by atoms with Gasteiger partial charge < -0.3 is 15.5 Å². The van der Waals surface area contributed by atoms with Crippen LogP contribution in [0.3, 0.4) is 0 Å². The molecule has 2 aromatic rings. The monoisotopic (exact) mass is 373 g/mol. The molecule has 0 aliphatic heterocycles. The van der Waals surface area contributed by atoms with Crippen LogP contribution in [0.15, 0.2) is 36.4 Å². The van der Waals surface area contributed by atoms with Gasteiger partial charge in [-0.3, -0.25) is 14.4 Å². The summed E-state index contributed by atoms with van der Waals surface area (Å²) in [7, 11) is 0. The van der Waals surface area contributed by atoms with Crippen LogP contribution in [0.25, 0.3) is 0 Å². The van der Waals surface area contributed by atoms with Gasteiger partial charge >= 0.3 is 11.8 Å². The molecule has 26 heavy (non-hydrogen) atoms. The van der Waals surface area contributed by atoms with Crippen LogP contribution in [0.2, 0.25) is 0 Å². The summed E-state index contributed by atoms with van der Waals surface area (Å²) in [6.07, 6.45) is 0. The molecule has 0 spiro atoms. The Labute approximate surface area is 157 Å². The standard InChI is InChI=1S/C19H23N3O3S/c1-4-22(14(3)23)12-15-6-5-7-16(10-15)21-19(25)18(24)20-11-17-9-8-13(2)26-17/h5-10H,4,11-12H2,1-3H3,(H,20,24)(H,21,25). The van der Waals surface area contributed by atoms with Crippen molar-refractivity contribution >= 4 is 34.7 Å². The highest BCUT2D eigenvalue weighted by Gasteiger charge is 2.14. The van der Waals surface area contributed by atoms with Gasteiger partial charge in [0.2, 0.25) is 5.91 Å². The molecule has 2 rings (SSSR count). The fourth-order valence-electron chi connectivity index (χ4n) is 2.43. The molecule has 3 amide bonds. The third-order valence-corrected chi connectivity index (χ3v) is 4.81. The second kappa shape index (κ2) is 9.15. The zero-order chi connectivity index (χ0) is 19.1. The number of nitrogens with one attached hydrogen (secondary N) is 2. The average Bonchev–Trinajstić information content (AvgIpc) is 3.03. The predicted molar refractivity (Wildman–Crippen MR) is 103 cm³/mol. The molecule has 138 valence electrons. The first-order valence-electron chi connectivity index (χ1n) is 8.38. The first-order valence-corrected chi connectivity index (χ1v) is 9.19. The van der Waals surface area contributed by atoms with Crippen molar-refractivity contribution in [2.75, 3.05) is 11.9 Å². The smallest absolute Gasteiger partial charge is 0.313 e. The Morgan fingerprint density at radius 3 is 2.50 bits per heavy atom. The van der Waals surface area contributed by atoms with Gasteiger partial charge in [0.05, 0.1) is 6.54 Å². The van der Waals surface area contributed by atoms with Crippen LogP contribution in [0.5, 0.6) is 0 Å². The highest BCUT2D eigenvalue weighted by atomic mass is 32.1. The van der Waals surface area contributed by atoms with Gasteiger partial charge in [0.1, 0.15) is 0 Å². The number of hydrogen-bond acceptors (Lipinski definition) is 4. The molecule has 2 N–H and O–H groups in total. The SMILES string of the molecule is CCN(Cc1cccc(NC(=O)C(=O)NCc2ccc(C)s2)c1)C(C)=O. The van der Waals surface area contributed by atoms with E-state index in [1.54, 1.807) is 34.4 Å².